The Bertz CT molecular complexity index is 1570. The molecule has 1 saturated carbocycles. The molecule has 5 rings (SSSR count). The van der Waals surface area contributed by atoms with Crippen molar-refractivity contribution in [2.24, 2.45) is 5.92 Å². The average Bonchev–Trinajstić information content (AvgIpc) is 3.07. The molecule has 48 heavy (non-hydrogen) atoms. The van der Waals surface area contributed by atoms with Crippen LogP contribution in [0.3, 0.4) is 0 Å². The lowest BCUT2D eigenvalue weighted by Gasteiger charge is -2.38. The second-order valence-electron chi connectivity index (χ2n) is 13.7. The number of halogens is 1. The molecule has 0 bridgehead atoms. The van der Waals surface area contributed by atoms with Crippen LogP contribution in [0.2, 0.25) is 5.02 Å². The molecule has 0 amide bonds. The van der Waals surface area contributed by atoms with Crippen molar-refractivity contribution in [2.45, 2.75) is 49.8 Å². The lowest BCUT2D eigenvalue weighted by atomic mass is 9.89. The molecular formula is C35H53ClN6O4S2. The van der Waals surface area contributed by atoms with Crippen molar-refractivity contribution in [1.29, 1.82) is 0 Å². The Morgan fingerprint density at radius 3 is 1.96 bits per heavy atom. The summed E-state index contributed by atoms with van der Waals surface area (Å²) in [5.41, 5.74) is 2.38. The van der Waals surface area contributed by atoms with Gasteiger partial charge < -0.3 is 14.7 Å². The monoisotopic (exact) mass is 720 g/mol. The fourth-order valence-electron chi connectivity index (χ4n) is 7.18. The number of para-hydroxylation sites is 1. The van der Waals surface area contributed by atoms with Gasteiger partial charge in [-0.25, -0.2) is 8.42 Å². The van der Waals surface area contributed by atoms with E-state index in [0.29, 0.717) is 68.6 Å². The van der Waals surface area contributed by atoms with Crippen LogP contribution in [-0.2, 0) is 20.2 Å². The molecule has 0 spiro atoms. The van der Waals surface area contributed by atoms with E-state index in [1.807, 2.05) is 55.4 Å². The van der Waals surface area contributed by atoms with Crippen molar-refractivity contribution in [3.05, 3.63) is 65.7 Å². The van der Waals surface area contributed by atoms with Gasteiger partial charge in [-0.05, 0) is 86.7 Å². The fourth-order valence-corrected chi connectivity index (χ4v) is 10.6. The number of piperazine rings is 1. The quantitative estimate of drug-likeness (QED) is 0.355. The topological polar surface area (TPSA) is 87.7 Å². The van der Waals surface area contributed by atoms with Crippen molar-refractivity contribution < 1.29 is 16.8 Å². The number of anilines is 2. The second kappa shape index (κ2) is 16.7. The van der Waals surface area contributed by atoms with Crippen LogP contribution >= 0.6 is 11.6 Å². The van der Waals surface area contributed by atoms with Crippen LogP contribution in [-0.4, -0.2) is 121 Å². The van der Waals surface area contributed by atoms with Crippen molar-refractivity contribution >= 4 is 43.2 Å². The zero-order valence-electron chi connectivity index (χ0n) is 28.6. The summed E-state index contributed by atoms with van der Waals surface area (Å²) < 4.78 is 61.1. The SMILES string of the molecule is C=C1CN(S(=O)(=O)c2ccc(N(C)C)cc2)CCCN(CC2CCCCC2)CCCN(S(=O)(=O)N2CCN(c3ccccc3Cl)CC2)C1. The molecule has 2 aliphatic heterocycles. The molecule has 10 nitrogen and oxygen atoms in total. The van der Waals surface area contributed by atoms with Gasteiger partial charge in [-0.2, -0.15) is 21.3 Å². The lowest BCUT2D eigenvalue weighted by molar-refractivity contribution is 0.187. The molecule has 3 aliphatic rings. The summed E-state index contributed by atoms with van der Waals surface area (Å²) in [6.45, 7) is 9.32. The lowest BCUT2D eigenvalue weighted by Crippen LogP contribution is -2.54. The average molecular weight is 721 g/mol. The summed E-state index contributed by atoms with van der Waals surface area (Å²) in [6.07, 6.45) is 7.67. The molecule has 0 atom stereocenters. The van der Waals surface area contributed by atoms with Gasteiger partial charge in [0.1, 0.15) is 0 Å². The minimum absolute atomic E-state index is 0.0622. The zero-order chi connectivity index (χ0) is 34.3. The Morgan fingerprint density at radius 1 is 0.729 bits per heavy atom. The molecule has 2 aromatic rings. The smallest absolute Gasteiger partial charge is 0.282 e. The molecule has 13 heteroatoms. The standard InChI is InChI=1S/C35H53ClN6O4S2/c1-30-27-41(47(43,44)33-17-15-32(16-18-33)37(2)3)21-9-19-38(29-31-11-5-4-6-12-31)20-10-22-42(28-30)48(45,46)40-25-23-39(24-26-40)35-14-8-7-13-34(35)36/h7-8,13-18,31H,1,4-6,9-12,19-29H2,2-3H3. The minimum atomic E-state index is -3.84. The van der Waals surface area contributed by atoms with Gasteiger partial charge in [0.15, 0.2) is 0 Å². The van der Waals surface area contributed by atoms with Crippen molar-refractivity contribution in [1.82, 2.24) is 17.8 Å². The number of nitrogens with zero attached hydrogens (tertiary/aromatic N) is 6. The van der Waals surface area contributed by atoms with E-state index in [4.69, 9.17) is 11.6 Å². The highest BCUT2D eigenvalue weighted by molar-refractivity contribution is 7.89. The number of sulfonamides is 1. The number of benzene rings is 2. The van der Waals surface area contributed by atoms with E-state index in [9.17, 15) is 16.8 Å². The van der Waals surface area contributed by atoms with Gasteiger partial charge in [-0.3, -0.25) is 0 Å². The fraction of sp³-hybridized carbons (Fsp3) is 0.600. The number of rotatable bonds is 8. The molecule has 0 unspecified atom stereocenters. The van der Waals surface area contributed by atoms with Crippen LogP contribution < -0.4 is 9.80 Å². The van der Waals surface area contributed by atoms with E-state index in [2.05, 4.69) is 16.4 Å². The first-order valence-corrected chi connectivity index (χ1v) is 20.6. The van der Waals surface area contributed by atoms with E-state index in [0.717, 1.165) is 31.0 Å². The third-order valence-electron chi connectivity index (χ3n) is 9.88. The number of hydrogen-bond donors (Lipinski definition) is 0. The van der Waals surface area contributed by atoms with Crippen LogP contribution in [0.5, 0.6) is 0 Å². The molecule has 0 N–H and O–H groups in total. The van der Waals surface area contributed by atoms with E-state index < -0.39 is 20.2 Å². The van der Waals surface area contributed by atoms with Gasteiger partial charge in [-0.15, -0.1) is 0 Å². The minimum Gasteiger partial charge on any atom is -0.378 e. The van der Waals surface area contributed by atoms with E-state index in [1.54, 1.807) is 16.4 Å². The first-order valence-electron chi connectivity index (χ1n) is 17.4. The number of hydrogen-bond acceptors (Lipinski definition) is 7. The maximum absolute atomic E-state index is 14.2. The van der Waals surface area contributed by atoms with Crippen LogP contribution in [0, 0.1) is 5.92 Å². The molecule has 0 radical (unpaired) electrons. The maximum atomic E-state index is 14.2. The van der Waals surface area contributed by atoms with Gasteiger partial charge in [0.25, 0.3) is 10.2 Å². The van der Waals surface area contributed by atoms with Crippen LogP contribution in [0.4, 0.5) is 11.4 Å². The van der Waals surface area contributed by atoms with E-state index in [-0.39, 0.29) is 18.0 Å². The van der Waals surface area contributed by atoms with E-state index in [1.165, 1.54) is 40.7 Å². The molecule has 2 saturated heterocycles. The van der Waals surface area contributed by atoms with Crippen LogP contribution in [0.15, 0.2) is 65.6 Å². The molecular weight excluding hydrogens is 668 g/mol. The highest BCUT2D eigenvalue weighted by atomic mass is 35.5. The highest BCUT2D eigenvalue weighted by Gasteiger charge is 2.34. The molecule has 0 aromatic heterocycles. The Balaban J connectivity index is 1.35. The first-order chi connectivity index (χ1) is 22.9. The Morgan fingerprint density at radius 2 is 1.33 bits per heavy atom. The summed E-state index contributed by atoms with van der Waals surface area (Å²) in [5, 5.41) is 0.652. The van der Waals surface area contributed by atoms with Crippen molar-refractivity contribution in [3.63, 3.8) is 0 Å². The van der Waals surface area contributed by atoms with Gasteiger partial charge in [-0.1, -0.05) is 49.6 Å². The van der Waals surface area contributed by atoms with Crippen LogP contribution in [0.25, 0.3) is 0 Å². The van der Waals surface area contributed by atoms with E-state index >= 15 is 0 Å². The van der Waals surface area contributed by atoms with Gasteiger partial charge in [0.2, 0.25) is 10.0 Å². The van der Waals surface area contributed by atoms with Crippen molar-refractivity contribution in [2.75, 3.05) is 95.9 Å². The van der Waals surface area contributed by atoms with Crippen molar-refractivity contribution in [3.8, 4) is 0 Å². The summed E-state index contributed by atoms with van der Waals surface area (Å²) in [4.78, 5) is 6.73. The Labute approximate surface area is 294 Å². The zero-order valence-corrected chi connectivity index (χ0v) is 31.0. The third-order valence-corrected chi connectivity index (χ3v) is 14.0. The van der Waals surface area contributed by atoms with Gasteiger partial charge in [0.05, 0.1) is 15.6 Å². The summed E-state index contributed by atoms with van der Waals surface area (Å²) in [7, 11) is -3.83. The highest BCUT2D eigenvalue weighted by Crippen LogP contribution is 2.28. The first kappa shape index (κ1) is 37.1. The largest absolute Gasteiger partial charge is 0.378 e. The molecule has 3 fully saturated rings. The maximum Gasteiger partial charge on any atom is 0.282 e. The summed E-state index contributed by atoms with van der Waals surface area (Å²) in [6, 6.07) is 14.6. The molecule has 2 aromatic carbocycles. The Hall–Kier alpha value is -2.19. The van der Waals surface area contributed by atoms with Crippen LogP contribution in [0.1, 0.15) is 44.9 Å². The summed E-state index contributed by atoms with van der Waals surface area (Å²) >= 11 is 6.44. The molecule has 2 heterocycles. The predicted octanol–water partition coefficient (Wildman–Crippen LogP) is 5.00. The second-order valence-corrected chi connectivity index (χ2v) is 17.9. The summed E-state index contributed by atoms with van der Waals surface area (Å²) in [5.74, 6) is 0.635. The molecule has 266 valence electrons. The Kier molecular flexibility index (Phi) is 12.9. The van der Waals surface area contributed by atoms with Gasteiger partial charge >= 0.3 is 0 Å². The molecule has 1 aliphatic carbocycles. The normalized spacial score (nSPS) is 21.5. The predicted molar refractivity (Wildman–Crippen MR) is 197 cm³/mol. The third kappa shape index (κ3) is 9.32. The van der Waals surface area contributed by atoms with Gasteiger partial charge in [0, 0.05) is 78.7 Å².